The average Bonchev–Trinajstić information content (AvgIpc) is 2.89. The molecule has 5 heteroatoms. The fraction of sp³-hybridized carbons (Fsp3) is 0.750. The number of hydrogen-bond acceptors (Lipinski definition) is 3. The maximum Gasteiger partial charge on any atom is 0.0714 e. The summed E-state index contributed by atoms with van der Waals surface area (Å²) in [4.78, 5) is 0. The minimum Gasteiger partial charge on any atom is -0.271 e. The van der Waals surface area contributed by atoms with Crippen molar-refractivity contribution in [2.45, 2.75) is 52.1 Å². The second kappa shape index (κ2) is 5.08. The van der Waals surface area contributed by atoms with Crippen LogP contribution in [0, 0.1) is 5.41 Å². The molecular weight excluding hydrogens is 280 g/mol. The Kier molecular flexibility index (Phi) is 3.90. The van der Waals surface area contributed by atoms with Crippen molar-refractivity contribution in [3.8, 4) is 0 Å². The van der Waals surface area contributed by atoms with Crippen molar-refractivity contribution in [1.82, 2.24) is 15.2 Å². The first-order valence-electron chi connectivity index (χ1n) is 6.29. The van der Waals surface area contributed by atoms with Gasteiger partial charge >= 0.3 is 0 Å². The highest BCUT2D eigenvalue weighted by Gasteiger charge is 2.39. The van der Waals surface area contributed by atoms with Crippen LogP contribution in [0.3, 0.4) is 0 Å². The fourth-order valence-electron chi connectivity index (χ4n) is 2.99. The van der Waals surface area contributed by atoms with E-state index in [2.05, 4.69) is 40.3 Å². The van der Waals surface area contributed by atoms with Crippen LogP contribution in [0.2, 0.25) is 0 Å². The van der Waals surface area contributed by atoms with Crippen LogP contribution >= 0.6 is 15.9 Å². The van der Waals surface area contributed by atoms with Crippen LogP contribution in [0.4, 0.5) is 0 Å². The standard InChI is InChI=1S/C12H21BrN4/c1-3-17-10(9(13)8-15-17)11(16-14)12(2)6-4-5-7-12/h8,11,16H,3-7,14H2,1-2H3. The molecule has 1 aromatic rings. The summed E-state index contributed by atoms with van der Waals surface area (Å²) < 4.78 is 3.08. The van der Waals surface area contributed by atoms with Gasteiger partial charge in [-0.25, -0.2) is 0 Å². The molecule has 0 aliphatic heterocycles. The van der Waals surface area contributed by atoms with Crippen LogP contribution in [0.5, 0.6) is 0 Å². The fourth-order valence-corrected chi connectivity index (χ4v) is 3.52. The largest absolute Gasteiger partial charge is 0.271 e. The lowest BCUT2D eigenvalue weighted by atomic mass is 9.79. The summed E-state index contributed by atoms with van der Waals surface area (Å²) in [5, 5.41) is 4.38. The zero-order valence-corrected chi connectivity index (χ0v) is 12.1. The number of hydrazine groups is 1. The van der Waals surface area contributed by atoms with Crippen molar-refractivity contribution >= 4 is 15.9 Å². The molecule has 4 nitrogen and oxygen atoms in total. The molecule has 0 spiro atoms. The van der Waals surface area contributed by atoms with E-state index >= 15 is 0 Å². The topological polar surface area (TPSA) is 55.9 Å². The first-order chi connectivity index (χ1) is 8.12. The van der Waals surface area contributed by atoms with Gasteiger partial charge in [0, 0.05) is 6.54 Å². The molecule has 1 saturated carbocycles. The van der Waals surface area contributed by atoms with Gasteiger partial charge in [-0.2, -0.15) is 5.10 Å². The van der Waals surface area contributed by atoms with Gasteiger partial charge in [0.1, 0.15) is 0 Å². The number of aromatic nitrogens is 2. The van der Waals surface area contributed by atoms with E-state index < -0.39 is 0 Å². The van der Waals surface area contributed by atoms with Crippen LogP contribution in [0.1, 0.15) is 51.3 Å². The van der Waals surface area contributed by atoms with Crippen LogP contribution < -0.4 is 11.3 Å². The summed E-state index contributed by atoms with van der Waals surface area (Å²) in [5.41, 5.74) is 4.43. The first-order valence-corrected chi connectivity index (χ1v) is 7.09. The Balaban J connectivity index is 2.37. The molecule has 0 amide bonds. The van der Waals surface area contributed by atoms with Crippen molar-refractivity contribution in [2.24, 2.45) is 11.3 Å². The number of hydrogen-bond donors (Lipinski definition) is 2. The van der Waals surface area contributed by atoms with Crippen LogP contribution in [-0.2, 0) is 6.54 Å². The molecule has 0 bridgehead atoms. The summed E-state index contributed by atoms with van der Waals surface area (Å²) in [5.74, 6) is 5.81. The van der Waals surface area contributed by atoms with Crippen LogP contribution in [-0.4, -0.2) is 9.78 Å². The molecule has 0 saturated heterocycles. The van der Waals surface area contributed by atoms with Gasteiger partial charge in [-0.15, -0.1) is 0 Å². The number of nitrogens with zero attached hydrogens (tertiary/aromatic N) is 2. The molecule has 1 aliphatic carbocycles. The molecule has 17 heavy (non-hydrogen) atoms. The second-order valence-corrected chi connectivity index (χ2v) is 6.01. The maximum absolute atomic E-state index is 5.81. The summed E-state index contributed by atoms with van der Waals surface area (Å²) in [6.45, 7) is 5.30. The van der Waals surface area contributed by atoms with Crippen molar-refractivity contribution < 1.29 is 0 Å². The molecule has 96 valence electrons. The zero-order chi connectivity index (χ0) is 12.5. The Morgan fingerprint density at radius 2 is 2.24 bits per heavy atom. The second-order valence-electron chi connectivity index (χ2n) is 5.15. The van der Waals surface area contributed by atoms with E-state index in [1.54, 1.807) is 0 Å². The summed E-state index contributed by atoms with van der Waals surface area (Å²) in [6.07, 6.45) is 6.91. The minimum absolute atomic E-state index is 0.168. The lowest BCUT2D eigenvalue weighted by Crippen LogP contribution is -2.40. The molecule has 2 rings (SSSR count). The van der Waals surface area contributed by atoms with Gasteiger partial charge in [0.05, 0.1) is 22.4 Å². The van der Waals surface area contributed by atoms with Gasteiger partial charge < -0.3 is 0 Å². The number of nitrogens with one attached hydrogen (secondary N) is 1. The molecule has 3 N–H and O–H groups in total. The average molecular weight is 301 g/mol. The first kappa shape index (κ1) is 13.1. The predicted octanol–water partition coefficient (Wildman–Crippen LogP) is 2.75. The van der Waals surface area contributed by atoms with E-state index in [0.29, 0.717) is 0 Å². The molecule has 1 aromatic heterocycles. The van der Waals surface area contributed by atoms with E-state index in [-0.39, 0.29) is 11.5 Å². The number of nitrogens with two attached hydrogens (primary N) is 1. The number of aryl methyl sites for hydroxylation is 1. The zero-order valence-electron chi connectivity index (χ0n) is 10.5. The van der Waals surface area contributed by atoms with Gasteiger partial charge in [-0.3, -0.25) is 16.0 Å². The third-order valence-corrected chi connectivity index (χ3v) is 4.63. The Morgan fingerprint density at radius 3 is 2.76 bits per heavy atom. The minimum atomic E-state index is 0.168. The van der Waals surface area contributed by atoms with Crippen molar-refractivity contribution in [3.05, 3.63) is 16.4 Å². The monoisotopic (exact) mass is 300 g/mol. The lowest BCUT2D eigenvalue weighted by Gasteiger charge is -2.34. The Bertz CT molecular complexity index is 382. The molecule has 1 unspecified atom stereocenters. The van der Waals surface area contributed by atoms with E-state index in [0.717, 1.165) is 11.0 Å². The van der Waals surface area contributed by atoms with Crippen molar-refractivity contribution in [1.29, 1.82) is 0 Å². The summed E-state index contributed by atoms with van der Waals surface area (Å²) in [6, 6.07) is 0.168. The van der Waals surface area contributed by atoms with E-state index in [4.69, 9.17) is 5.84 Å². The molecule has 0 radical (unpaired) electrons. The van der Waals surface area contributed by atoms with Crippen LogP contribution in [0.25, 0.3) is 0 Å². The molecular formula is C12H21BrN4. The van der Waals surface area contributed by atoms with E-state index in [9.17, 15) is 0 Å². The number of rotatable bonds is 4. The van der Waals surface area contributed by atoms with E-state index in [1.807, 2.05) is 10.9 Å². The molecule has 1 fully saturated rings. The van der Waals surface area contributed by atoms with Gasteiger partial charge in [-0.1, -0.05) is 19.8 Å². The number of halogens is 1. The van der Waals surface area contributed by atoms with Crippen molar-refractivity contribution in [2.75, 3.05) is 0 Å². The highest BCUT2D eigenvalue weighted by Crippen LogP contribution is 2.48. The molecule has 1 aliphatic rings. The summed E-state index contributed by atoms with van der Waals surface area (Å²) in [7, 11) is 0. The highest BCUT2D eigenvalue weighted by atomic mass is 79.9. The maximum atomic E-state index is 5.81. The highest BCUT2D eigenvalue weighted by molar-refractivity contribution is 9.10. The smallest absolute Gasteiger partial charge is 0.0714 e. The van der Waals surface area contributed by atoms with Gasteiger partial charge in [0.15, 0.2) is 0 Å². The Hall–Kier alpha value is -0.390. The van der Waals surface area contributed by atoms with Gasteiger partial charge in [0.25, 0.3) is 0 Å². The van der Waals surface area contributed by atoms with Gasteiger partial charge in [-0.05, 0) is 41.1 Å². The Morgan fingerprint density at radius 1 is 1.59 bits per heavy atom. The quantitative estimate of drug-likeness (QED) is 0.664. The third-order valence-electron chi connectivity index (χ3n) is 4.02. The molecule has 1 atom stereocenters. The SMILES string of the molecule is CCn1ncc(Br)c1C(NN)C1(C)CCCC1. The predicted molar refractivity (Wildman–Crippen MR) is 72.2 cm³/mol. The normalized spacial score (nSPS) is 20.7. The third kappa shape index (κ3) is 2.28. The van der Waals surface area contributed by atoms with Crippen LogP contribution in [0.15, 0.2) is 10.7 Å². The Labute approximate surface area is 111 Å². The van der Waals surface area contributed by atoms with E-state index in [1.165, 1.54) is 31.4 Å². The summed E-state index contributed by atoms with van der Waals surface area (Å²) >= 11 is 3.59. The van der Waals surface area contributed by atoms with Gasteiger partial charge in [0.2, 0.25) is 0 Å². The molecule has 1 heterocycles. The van der Waals surface area contributed by atoms with Crippen molar-refractivity contribution in [3.63, 3.8) is 0 Å². The molecule has 0 aromatic carbocycles. The lowest BCUT2D eigenvalue weighted by molar-refractivity contribution is 0.213.